The summed E-state index contributed by atoms with van der Waals surface area (Å²) >= 11 is 0. The van der Waals surface area contributed by atoms with E-state index >= 15 is 0 Å². The quantitative estimate of drug-likeness (QED) is 0.483. The Morgan fingerprint density at radius 1 is 0.862 bits per heavy atom. The molecule has 0 aliphatic carbocycles. The molecule has 1 amide bonds. The van der Waals surface area contributed by atoms with E-state index in [0.29, 0.717) is 17.2 Å². The lowest BCUT2D eigenvalue weighted by Crippen LogP contribution is -2.27. The lowest BCUT2D eigenvalue weighted by Gasteiger charge is -2.17. The van der Waals surface area contributed by atoms with Crippen molar-refractivity contribution in [2.45, 2.75) is 12.8 Å². The fourth-order valence-corrected chi connectivity index (χ4v) is 3.15. The largest absolute Gasteiger partial charge is 0.497 e. The van der Waals surface area contributed by atoms with Crippen LogP contribution in [0.25, 0.3) is 0 Å². The highest BCUT2D eigenvalue weighted by Crippen LogP contribution is 2.26. The van der Waals surface area contributed by atoms with Gasteiger partial charge >= 0.3 is 0 Å². The smallest absolute Gasteiger partial charge is 0.252 e. The number of hydrazone groups is 1. The van der Waals surface area contributed by atoms with Crippen molar-refractivity contribution in [1.29, 1.82) is 0 Å². The van der Waals surface area contributed by atoms with Gasteiger partial charge in [-0.25, -0.2) is 5.43 Å². The average Bonchev–Trinajstić information content (AvgIpc) is 2.78. The van der Waals surface area contributed by atoms with Crippen LogP contribution in [0, 0.1) is 0 Å². The zero-order valence-corrected chi connectivity index (χ0v) is 16.8. The Hall–Kier alpha value is -3.60. The Morgan fingerprint density at radius 3 is 1.97 bits per heavy atom. The molecule has 3 rings (SSSR count). The third-order valence-corrected chi connectivity index (χ3v) is 4.66. The topological polar surface area (TPSA) is 59.9 Å². The van der Waals surface area contributed by atoms with E-state index in [-0.39, 0.29) is 5.91 Å². The van der Waals surface area contributed by atoms with Crippen LogP contribution in [0.15, 0.2) is 84.0 Å². The molecule has 29 heavy (non-hydrogen) atoms. The van der Waals surface area contributed by atoms with Gasteiger partial charge in [-0.3, -0.25) is 4.79 Å². The van der Waals surface area contributed by atoms with Crippen molar-refractivity contribution >= 4 is 11.6 Å². The van der Waals surface area contributed by atoms with Crippen molar-refractivity contribution in [3.05, 3.63) is 95.6 Å². The van der Waals surface area contributed by atoms with Crippen LogP contribution in [0.4, 0.5) is 0 Å². The maximum absolute atomic E-state index is 13.1. The van der Waals surface area contributed by atoms with Crippen molar-refractivity contribution in [3.63, 3.8) is 0 Å². The molecule has 0 spiro atoms. The number of methoxy groups -OCH3 is 2. The molecule has 5 heteroatoms. The summed E-state index contributed by atoms with van der Waals surface area (Å²) < 4.78 is 10.7. The second kappa shape index (κ2) is 9.55. The van der Waals surface area contributed by atoms with Crippen molar-refractivity contribution < 1.29 is 14.3 Å². The fourth-order valence-electron chi connectivity index (χ4n) is 3.15. The lowest BCUT2D eigenvalue weighted by molar-refractivity contribution is -0.121. The minimum Gasteiger partial charge on any atom is -0.497 e. The highest BCUT2D eigenvalue weighted by Gasteiger charge is 2.22. The number of hydrogen-bond donors (Lipinski definition) is 1. The number of amides is 1. The summed E-state index contributed by atoms with van der Waals surface area (Å²) in [6.45, 7) is 1.82. The SMILES string of the molecule is COc1ccc(/C(C)=N/NC(=O)C(c2ccccc2)c2ccccc2)c(OC)c1. The Labute approximate surface area is 171 Å². The van der Waals surface area contributed by atoms with Gasteiger partial charge in [-0.15, -0.1) is 0 Å². The summed E-state index contributed by atoms with van der Waals surface area (Å²) in [6, 6.07) is 24.8. The molecule has 0 heterocycles. The van der Waals surface area contributed by atoms with Gasteiger partial charge in [0.25, 0.3) is 5.91 Å². The molecule has 0 aliphatic rings. The Balaban J connectivity index is 1.87. The van der Waals surface area contributed by atoms with E-state index in [1.54, 1.807) is 20.3 Å². The van der Waals surface area contributed by atoms with Crippen LogP contribution in [0.5, 0.6) is 11.5 Å². The number of carbonyl (C=O) groups is 1. The van der Waals surface area contributed by atoms with E-state index in [1.165, 1.54) is 0 Å². The van der Waals surface area contributed by atoms with E-state index in [0.717, 1.165) is 16.7 Å². The lowest BCUT2D eigenvalue weighted by atomic mass is 9.91. The second-order valence-corrected chi connectivity index (χ2v) is 6.49. The summed E-state index contributed by atoms with van der Waals surface area (Å²) in [4.78, 5) is 13.1. The summed E-state index contributed by atoms with van der Waals surface area (Å²) in [5.74, 6) is 0.666. The molecule has 1 N–H and O–H groups in total. The number of ether oxygens (including phenoxy) is 2. The van der Waals surface area contributed by atoms with E-state index in [1.807, 2.05) is 79.7 Å². The van der Waals surface area contributed by atoms with Crippen molar-refractivity contribution in [3.8, 4) is 11.5 Å². The second-order valence-electron chi connectivity index (χ2n) is 6.49. The third kappa shape index (κ3) is 4.82. The van der Waals surface area contributed by atoms with Crippen molar-refractivity contribution in [1.82, 2.24) is 5.43 Å². The Kier molecular flexibility index (Phi) is 6.63. The minimum atomic E-state index is -0.452. The van der Waals surface area contributed by atoms with E-state index < -0.39 is 5.92 Å². The first-order chi connectivity index (χ1) is 14.1. The first-order valence-electron chi connectivity index (χ1n) is 9.30. The molecule has 3 aromatic rings. The molecule has 148 valence electrons. The fraction of sp³-hybridized carbons (Fsp3) is 0.167. The molecule has 0 aliphatic heterocycles. The number of benzene rings is 3. The standard InChI is InChI=1S/C24H24N2O3/c1-17(21-15-14-20(28-2)16-22(21)29-3)25-26-24(27)23(18-10-6-4-7-11-18)19-12-8-5-9-13-19/h4-16,23H,1-3H3,(H,26,27)/b25-17+. The molecular formula is C24H24N2O3. The number of nitrogens with zero attached hydrogens (tertiary/aromatic N) is 1. The normalized spacial score (nSPS) is 11.2. The van der Waals surface area contributed by atoms with Gasteiger partial charge in [-0.1, -0.05) is 60.7 Å². The van der Waals surface area contributed by atoms with Gasteiger partial charge in [0.15, 0.2) is 0 Å². The molecule has 3 aromatic carbocycles. The van der Waals surface area contributed by atoms with Crippen LogP contribution in [0.2, 0.25) is 0 Å². The molecule has 0 unspecified atom stereocenters. The molecule has 0 atom stereocenters. The van der Waals surface area contributed by atoms with Crippen LogP contribution >= 0.6 is 0 Å². The van der Waals surface area contributed by atoms with Gasteiger partial charge in [0.05, 0.1) is 25.8 Å². The summed E-state index contributed by atoms with van der Waals surface area (Å²) in [5, 5.41) is 4.33. The van der Waals surface area contributed by atoms with Crippen LogP contribution in [-0.2, 0) is 4.79 Å². The molecule has 5 nitrogen and oxygen atoms in total. The highest BCUT2D eigenvalue weighted by molar-refractivity contribution is 6.02. The predicted molar refractivity (Wildman–Crippen MR) is 115 cm³/mol. The van der Waals surface area contributed by atoms with Gasteiger partial charge in [0, 0.05) is 11.6 Å². The van der Waals surface area contributed by atoms with Gasteiger partial charge in [-0.2, -0.15) is 5.10 Å². The monoisotopic (exact) mass is 388 g/mol. The maximum Gasteiger partial charge on any atom is 0.252 e. The van der Waals surface area contributed by atoms with Crippen LogP contribution in [0.1, 0.15) is 29.5 Å². The van der Waals surface area contributed by atoms with Crippen molar-refractivity contribution in [2.75, 3.05) is 14.2 Å². The highest BCUT2D eigenvalue weighted by atomic mass is 16.5. The number of rotatable bonds is 7. The molecule has 0 fully saturated rings. The van der Waals surface area contributed by atoms with Gasteiger partial charge < -0.3 is 9.47 Å². The molecule has 0 bridgehead atoms. The van der Waals surface area contributed by atoms with Gasteiger partial charge in [-0.05, 0) is 30.2 Å². The molecular weight excluding hydrogens is 364 g/mol. The van der Waals surface area contributed by atoms with Gasteiger partial charge in [0.1, 0.15) is 11.5 Å². The number of nitrogens with one attached hydrogen (secondary N) is 1. The minimum absolute atomic E-state index is 0.200. The Bertz CT molecular complexity index is 946. The van der Waals surface area contributed by atoms with E-state index in [4.69, 9.17) is 9.47 Å². The molecule has 0 saturated carbocycles. The van der Waals surface area contributed by atoms with E-state index in [2.05, 4.69) is 10.5 Å². The first kappa shape index (κ1) is 20.1. The molecule has 0 aromatic heterocycles. The van der Waals surface area contributed by atoms with Crippen LogP contribution in [-0.4, -0.2) is 25.8 Å². The molecule has 0 saturated heterocycles. The first-order valence-corrected chi connectivity index (χ1v) is 9.30. The Morgan fingerprint density at radius 2 is 1.45 bits per heavy atom. The average molecular weight is 388 g/mol. The zero-order valence-electron chi connectivity index (χ0n) is 16.8. The predicted octanol–water partition coefficient (Wildman–Crippen LogP) is 4.38. The summed E-state index contributed by atoms with van der Waals surface area (Å²) in [7, 11) is 3.19. The number of hydrogen-bond acceptors (Lipinski definition) is 4. The maximum atomic E-state index is 13.1. The summed E-state index contributed by atoms with van der Waals surface area (Å²) in [6.07, 6.45) is 0. The third-order valence-electron chi connectivity index (χ3n) is 4.66. The molecule has 0 radical (unpaired) electrons. The number of carbonyl (C=O) groups excluding carboxylic acids is 1. The van der Waals surface area contributed by atoms with Crippen molar-refractivity contribution in [2.24, 2.45) is 5.10 Å². The van der Waals surface area contributed by atoms with E-state index in [9.17, 15) is 4.79 Å². The summed E-state index contributed by atoms with van der Waals surface area (Å²) in [5.41, 5.74) is 5.96. The van der Waals surface area contributed by atoms with Gasteiger partial charge in [0.2, 0.25) is 0 Å². The zero-order chi connectivity index (χ0) is 20.6. The van der Waals surface area contributed by atoms with Crippen LogP contribution in [0.3, 0.4) is 0 Å². The van der Waals surface area contributed by atoms with Crippen LogP contribution < -0.4 is 14.9 Å².